The first-order valence-corrected chi connectivity index (χ1v) is 4.28. The van der Waals surface area contributed by atoms with Gasteiger partial charge in [-0.25, -0.2) is 13.2 Å². The smallest absolute Gasteiger partial charge is 0.132 e. The molecule has 0 aliphatic heterocycles. The van der Waals surface area contributed by atoms with Crippen molar-refractivity contribution in [1.82, 2.24) is 0 Å². The van der Waals surface area contributed by atoms with Gasteiger partial charge in [-0.15, -0.1) is 0 Å². The van der Waals surface area contributed by atoms with Crippen molar-refractivity contribution < 1.29 is 13.2 Å². The van der Waals surface area contributed by atoms with Crippen molar-refractivity contribution in [3.8, 4) is 0 Å². The summed E-state index contributed by atoms with van der Waals surface area (Å²) in [5.41, 5.74) is -0.0635. The topological polar surface area (TPSA) is 0 Å². The summed E-state index contributed by atoms with van der Waals surface area (Å²) in [6, 6.07) is 1.36. The third kappa shape index (κ3) is 3.09. The molecule has 0 aliphatic rings. The van der Waals surface area contributed by atoms with Crippen LogP contribution in [0.3, 0.4) is 0 Å². The highest BCUT2D eigenvalue weighted by Crippen LogP contribution is 2.14. The van der Waals surface area contributed by atoms with Crippen LogP contribution >= 0.6 is 0 Å². The van der Waals surface area contributed by atoms with Crippen molar-refractivity contribution in [3.05, 3.63) is 35.1 Å². The van der Waals surface area contributed by atoms with E-state index in [2.05, 4.69) is 0 Å². The summed E-state index contributed by atoms with van der Waals surface area (Å²) < 4.78 is 37.5. The quantitative estimate of drug-likeness (QED) is 0.633. The van der Waals surface area contributed by atoms with E-state index in [1.807, 2.05) is 13.8 Å². The Balaban J connectivity index is 0.000000671. The number of halogens is 3. The first kappa shape index (κ1) is 12.0. The molecule has 1 rings (SSSR count). The monoisotopic (exact) mass is 190 g/mol. The lowest BCUT2D eigenvalue weighted by atomic mass is 10.1. The first-order chi connectivity index (χ1) is 6.15. The molecule has 0 nitrogen and oxygen atoms in total. The highest BCUT2D eigenvalue weighted by molar-refractivity contribution is 5.20. The van der Waals surface area contributed by atoms with Gasteiger partial charge in [0, 0.05) is 17.7 Å². The molecule has 0 aromatic heterocycles. The summed E-state index contributed by atoms with van der Waals surface area (Å²) in [5, 5.41) is 0. The second kappa shape index (κ2) is 5.62. The van der Waals surface area contributed by atoms with Crippen LogP contribution in [0.25, 0.3) is 0 Å². The van der Waals surface area contributed by atoms with Gasteiger partial charge in [0.05, 0.1) is 0 Å². The predicted octanol–water partition coefficient (Wildman–Crippen LogP) is 3.69. The SMILES string of the molecule is CC.CCc1c(F)cc(F)cc1F. The third-order valence-corrected chi connectivity index (χ3v) is 1.46. The summed E-state index contributed by atoms with van der Waals surface area (Å²) in [6.07, 6.45) is 0.234. The Hall–Kier alpha value is -0.990. The molecule has 0 fully saturated rings. The van der Waals surface area contributed by atoms with Crippen molar-refractivity contribution in [2.75, 3.05) is 0 Å². The van der Waals surface area contributed by atoms with Crippen LogP contribution < -0.4 is 0 Å². The van der Waals surface area contributed by atoms with Crippen molar-refractivity contribution in [3.63, 3.8) is 0 Å². The van der Waals surface area contributed by atoms with Gasteiger partial charge in [-0.2, -0.15) is 0 Å². The maximum atomic E-state index is 12.6. The molecule has 1 aromatic rings. The Morgan fingerprint density at radius 2 is 1.38 bits per heavy atom. The fourth-order valence-corrected chi connectivity index (χ4v) is 0.910. The molecule has 0 heterocycles. The van der Waals surface area contributed by atoms with E-state index in [-0.39, 0.29) is 12.0 Å². The Morgan fingerprint density at radius 1 is 1.00 bits per heavy atom. The molecule has 0 amide bonds. The average Bonchev–Trinajstić information content (AvgIpc) is 2.07. The van der Waals surface area contributed by atoms with Crippen molar-refractivity contribution >= 4 is 0 Å². The van der Waals surface area contributed by atoms with Crippen LogP contribution in [0.4, 0.5) is 13.2 Å². The molecule has 0 unspecified atom stereocenters. The van der Waals surface area contributed by atoms with Crippen molar-refractivity contribution in [2.24, 2.45) is 0 Å². The van der Waals surface area contributed by atoms with Crippen LogP contribution in [0.15, 0.2) is 12.1 Å². The molecule has 74 valence electrons. The molecule has 1 aromatic carbocycles. The zero-order valence-electron chi connectivity index (χ0n) is 8.00. The molecule has 0 atom stereocenters. The first-order valence-electron chi connectivity index (χ1n) is 4.28. The Morgan fingerprint density at radius 3 is 1.69 bits per heavy atom. The molecule has 13 heavy (non-hydrogen) atoms. The van der Waals surface area contributed by atoms with Gasteiger partial charge in [-0.05, 0) is 6.42 Å². The largest absolute Gasteiger partial charge is 0.207 e. The fourth-order valence-electron chi connectivity index (χ4n) is 0.910. The molecular weight excluding hydrogens is 177 g/mol. The molecule has 0 N–H and O–H groups in total. The van der Waals surface area contributed by atoms with Gasteiger partial charge in [0.1, 0.15) is 17.5 Å². The number of rotatable bonds is 1. The maximum Gasteiger partial charge on any atom is 0.132 e. The molecule has 0 spiro atoms. The van der Waals surface area contributed by atoms with E-state index < -0.39 is 17.5 Å². The van der Waals surface area contributed by atoms with E-state index >= 15 is 0 Å². The van der Waals surface area contributed by atoms with Gasteiger partial charge < -0.3 is 0 Å². The molecule has 0 saturated heterocycles. The average molecular weight is 190 g/mol. The zero-order chi connectivity index (χ0) is 10.4. The summed E-state index contributed by atoms with van der Waals surface area (Å²) in [5.74, 6) is -2.51. The Kier molecular flexibility index (Phi) is 5.19. The van der Waals surface area contributed by atoms with Gasteiger partial charge in [0.25, 0.3) is 0 Å². The minimum absolute atomic E-state index is 0.0635. The Labute approximate surface area is 76.4 Å². The minimum atomic E-state index is -0.878. The van der Waals surface area contributed by atoms with Gasteiger partial charge in [0.2, 0.25) is 0 Å². The maximum absolute atomic E-state index is 12.6. The van der Waals surface area contributed by atoms with Gasteiger partial charge in [-0.1, -0.05) is 20.8 Å². The molecular formula is C10H13F3. The van der Waals surface area contributed by atoms with E-state index in [0.29, 0.717) is 12.1 Å². The van der Waals surface area contributed by atoms with E-state index in [9.17, 15) is 13.2 Å². The summed E-state index contributed by atoms with van der Waals surface area (Å²) in [6.45, 7) is 5.61. The van der Waals surface area contributed by atoms with Gasteiger partial charge >= 0.3 is 0 Å². The predicted molar refractivity (Wildman–Crippen MR) is 47.0 cm³/mol. The number of benzene rings is 1. The van der Waals surface area contributed by atoms with E-state index in [1.165, 1.54) is 0 Å². The summed E-state index contributed by atoms with van der Waals surface area (Å²) in [7, 11) is 0. The lowest BCUT2D eigenvalue weighted by Gasteiger charge is -2.00. The fraction of sp³-hybridized carbons (Fsp3) is 0.400. The van der Waals surface area contributed by atoms with E-state index in [4.69, 9.17) is 0 Å². The van der Waals surface area contributed by atoms with E-state index in [1.54, 1.807) is 6.92 Å². The third-order valence-electron chi connectivity index (χ3n) is 1.46. The normalized spacial score (nSPS) is 9.08. The second-order valence-corrected chi connectivity index (χ2v) is 2.20. The lowest BCUT2D eigenvalue weighted by Crippen LogP contribution is -1.94. The zero-order valence-corrected chi connectivity index (χ0v) is 8.00. The Bertz CT molecular complexity index is 246. The number of hydrogen-bond donors (Lipinski definition) is 0. The molecule has 0 saturated carbocycles. The highest BCUT2D eigenvalue weighted by Gasteiger charge is 2.08. The molecule has 0 aliphatic carbocycles. The summed E-state index contributed by atoms with van der Waals surface area (Å²) in [4.78, 5) is 0. The molecule has 3 heteroatoms. The standard InChI is InChI=1S/C8H7F3.C2H6/c1-2-6-7(10)3-5(9)4-8(6)11;1-2/h3-4H,2H2,1H3;1-2H3. The number of hydrogen-bond acceptors (Lipinski definition) is 0. The second-order valence-electron chi connectivity index (χ2n) is 2.20. The van der Waals surface area contributed by atoms with Crippen LogP contribution in [0.5, 0.6) is 0 Å². The minimum Gasteiger partial charge on any atom is -0.207 e. The summed E-state index contributed by atoms with van der Waals surface area (Å²) >= 11 is 0. The molecule has 0 bridgehead atoms. The highest BCUT2D eigenvalue weighted by atomic mass is 19.1. The van der Waals surface area contributed by atoms with Crippen LogP contribution in [0.2, 0.25) is 0 Å². The van der Waals surface area contributed by atoms with Crippen LogP contribution in [0, 0.1) is 17.5 Å². The van der Waals surface area contributed by atoms with Gasteiger partial charge in [0.15, 0.2) is 0 Å². The van der Waals surface area contributed by atoms with Crippen LogP contribution in [-0.2, 0) is 6.42 Å². The lowest BCUT2D eigenvalue weighted by molar-refractivity contribution is 0.526. The van der Waals surface area contributed by atoms with Gasteiger partial charge in [-0.3, -0.25) is 0 Å². The van der Waals surface area contributed by atoms with Crippen molar-refractivity contribution in [2.45, 2.75) is 27.2 Å². The van der Waals surface area contributed by atoms with Crippen molar-refractivity contribution in [1.29, 1.82) is 0 Å². The van der Waals surface area contributed by atoms with Crippen LogP contribution in [-0.4, -0.2) is 0 Å². The van der Waals surface area contributed by atoms with E-state index in [0.717, 1.165) is 0 Å². The van der Waals surface area contributed by atoms with Crippen LogP contribution in [0.1, 0.15) is 26.3 Å². The molecule has 0 radical (unpaired) electrons.